The van der Waals surface area contributed by atoms with Crippen LogP contribution in [0.4, 0.5) is 0 Å². The molecule has 1 aliphatic rings. The number of benzene rings is 2. The molecule has 2 N–H and O–H groups in total. The van der Waals surface area contributed by atoms with Crippen LogP contribution in [0.25, 0.3) is 0 Å². The number of rotatable bonds is 6. The van der Waals surface area contributed by atoms with E-state index in [-0.39, 0.29) is 0 Å². The standard InChI is InChI=1S/C20H25NO2/c22-19(15-23-20-11-2-1-3-12-20)14-21-18-10-6-9-16-7-4-5-8-17(16)13-18/h1-5,7-8,11-12,18-19,21-22H,6,9-10,13-15H2/t18?,19-/m0/s1. The van der Waals surface area contributed by atoms with E-state index in [1.165, 1.54) is 17.5 Å². The first kappa shape index (κ1) is 16.0. The Morgan fingerprint density at radius 1 is 1.04 bits per heavy atom. The predicted octanol–water partition coefficient (Wildman–Crippen LogP) is 2.96. The summed E-state index contributed by atoms with van der Waals surface area (Å²) in [6.45, 7) is 0.889. The van der Waals surface area contributed by atoms with Gasteiger partial charge in [0.1, 0.15) is 18.5 Å². The summed E-state index contributed by atoms with van der Waals surface area (Å²) in [6, 6.07) is 18.8. The van der Waals surface area contributed by atoms with E-state index < -0.39 is 6.10 Å². The molecule has 0 aromatic heterocycles. The van der Waals surface area contributed by atoms with E-state index in [9.17, 15) is 5.11 Å². The van der Waals surface area contributed by atoms with Crippen LogP contribution in [-0.4, -0.2) is 30.4 Å². The van der Waals surface area contributed by atoms with Crippen LogP contribution in [0.5, 0.6) is 5.75 Å². The first-order valence-corrected chi connectivity index (χ1v) is 8.47. The Kier molecular flexibility index (Phi) is 5.67. The molecule has 3 nitrogen and oxygen atoms in total. The summed E-state index contributed by atoms with van der Waals surface area (Å²) >= 11 is 0. The van der Waals surface area contributed by atoms with Crippen molar-refractivity contribution in [2.24, 2.45) is 0 Å². The summed E-state index contributed by atoms with van der Waals surface area (Å²) in [5.41, 5.74) is 2.92. The van der Waals surface area contributed by atoms with Crippen LogP contribution < -0.4 is 10.1 Å². The van der Waals surface area contributed by atoms with Crippen molar-refractivity contribution in [3.8, 4) is 5.75 Å². The maximum atomic E-state index is 10.1. The lowest BCUT2D eigenvalue weighted by molar-refractivity contribution is 0.103. The molecule has 1 aliphatic carbocycles. The van der Waals surface area contributed by atoms with Gasteiger partial charge >= 0.3 is 0 Å². The molecule has 0 saturated heterocycles. The van der Waals surface area contributed by atoms with Crippen molar-refractivity contribution in [3.63, 3.8) is 0 Å². The average Bonchev–Trinajstić information content (AvgIpc) is 2.81. The van der Waals surface area contributed by atoms with E-state index in [1.807, 2.05) is 30.3 Å². The Morgan fingerprint density at radius 3 is 2.61 bits per heavy atom. The monoisotopic (exact) mass is 311 g/mol. The highest BCUT2D eigenvalue weighted by molar-refractivity contribution is 5.29. The van der Waals surface area contributed by atoms with Gasteiger partial charge in [-0.05, 0) is 48.9 Å². The summed E-state index contributed by atoms with van der Waals surface area (Å²) < 4.78 is 5.60. The van der Waals surface area contributed by atoms with Crippen molar-refractivity contribution >= 4 is 0 Å². The van der Waals surface area contributed by atoms with Crippen LogP contribution >= 0.6 is 0 Å². The number of aliphatic hydroxyl groups is 1. The van der Waals surface area contributed by atoms with Crippen molar-refractivity contribution < 1.29 is 9.84 Å². The van der Waals surface area contributed by atoms with Gasteiger partial charge in [-0.1, -0.05) is 42.5 Å². The molecule has 0 bridgehead atoms. The number of nitrogens with one attached hydrogen (secondary N) is 1. The SMILES string of the molecule is O[C@@H](CNC1CCCc2ccccc2C1)COc1ccccc1. The van der Waals surface area contributed by atoms with E-state index in [4.69, 9.17) is 4.74 Å². The minimum atomic E-state index is -0.492. The lowest BCUT2D eigenvalue weighted by Crippen LogP contribution is -2.39. The second-order valence-corrected chi connectivity index (χ2v) is 6.25. The first-order chi connectivity index (χ1) is 11.3. The largest absolute Gasteiger partial charge is 0.491 e. The summed E-state index contributed by atoms with van der Waals surface area (Å²) in [5.74, 6) is 0.801. The Labute approximate surface area is 138 Å². The van der Waals surface area contributed by atoms with Crippen LogP contribution in [-0.2, 0) is 12.8 Å². The molecule has 0 spiro atoms. The zero-order chi connectivity index (χ0) is 15.9. The zero-order valence-electron chi connectivity index (χ0n) is 13.4. The van der Waals surface area contributed by atoms with Crippen LogP contribution in [0.15, 0.2) is 54.6 Å². The second-order valence-electron chi connectivity index (χ2n) is 6.25. The molecule has 0 radical (unpaired) electrons. The minimum absolute atomic E-state index is 0.320. The molecule has 2 aromatic rings. The highest BCUT2D eigenvalue weighted by Crippen LogP contribution is 2.20. The number of hydrogen-bond acceptors (Lipinski definition) is 3. The van der Waals surface area contributed by atoms with Crippen LogP contribution in [0, 0.1) is 0 Å². The molecule has 2 aromatic carbocycles. The van der Waals surface area contributed by atoms with E-state index in [0.29, 0.717) is 19.2 Å². The van der Waals surface area contributed by atoms with Gasteiger partial charge in [0.15, 0.2) is 0 Å². The molecule has 23 heavy (non-hydrogen) atoms. The van der Waals surface area contributed by atoms with Crippen molar-refractivity contribution in [2.75, 3.05) is 13.2 Å². The highest BCUT2D eigenvalue weighted by Gasteiger charge is 2.17. The fourth-order valence-corrected chi connectivity index (χ4v) is 3.15. The summed E-state index contributed by atoms with van der Waals surface area (Å²) in [4.78, 5) is 0. The fourth-order valence-electron chi connectivity index (χ4n) is 3.15. The van der Waals surface area contributed by atoms with Crippen molar-refractivity contribution in [1.29, 1.82) is 0 Å². The first-order valence-electron chi connectivity index (χ1n) is 8.47. The van der Waals surface area contributed by atoms with Gasteiger partial charge in [0, 0.05) is 12.6 Å². The molecule has 0 saturated carbocycles. The fraction of sp³-hybridized carbons (Fsp3) is 0.400. The van der Waals surface area contributed by atoms with Gasteiger partial charge in [0.25, 0.3) is 0 Å². The maximum Gasteiger partial charge on any atom is 0.119 e. The van der Waals surface area contributed by atoms with E-state index >= 15 is 0 Å². The third-order valence-corrected chi connectivity index (χ3v) is 4.41. The number of para-hydroxylation sites is 1. The van der Waals surface area contributed by atoms with Crippen LogP contribution in [0.2, 0.25) is 0 Å². The molecule has 3 heteroatoms. The predicted molar refractivity (Wildman–Crippen MR) is 92.8 cm³/mol. The molecule has 122 valence electrons. The lowest BCUT2D eigenvalue weighted by atomic mass is 10.0. The Morgan fingerprint density at radius 2 is 1.78 bits per heavy atom. The van der Waals surface area contributed by atoms with E-state index in [2.05, 4.69) is 29.6 Å². The Bertz CT molecular complexity index is 600. The van der Waals surface area contributed by atoms with Gasteiger partial charge in [0.2, 0.25) is 0 Å². The topological polar surface area (TPSA) is 41.5 Å². The lowest BCUT2D eigenvalue weighted by Gasteiger charge is -2.20. The third-order valence-electron chi connectivity index (χ3n) is 4.41. The normalized spacial score (nSPS) is 18.7. The summed E-state index contributed by atoms with van der Waals surface area (Å²) in [5, 5.41) is 13.6. The van der Waals surface area contributed by atoms with Crippen molar-refractivity contribution in [1.82, 2.24) is 5.32 Å². The Balaban J connectivity index is 1.44. The molecule has 2 atom stereocenters. The number of hydrogen-bond donors (Lipinski definition) is 2. The highest BCUT2D eigenvalue weighted by atomic mass is 16.5. The quantitative estimate of drug-likeness (QED) is 0.806. The van der Waals surface area contributed by atoms with Crippen LogP contribution in [0.3, 0.4) is 0 Å². The number of ether oxygens (including phenoxy) is 1. The number of fused-ring (bicyclic) bond motifs is 1. The molecule has 0 heterocycles. The third kappa shape index (κ3) is 4.81. The second kappa shape index (κ2) is 8.14. The molecule has 0 amide bonds. The van der Waals surface area contributed by atoms with Gasteiger partial charge in [-0.25, -0.2) is 0 Å². The molecule has 1 unspecified atom stereocenters. The minimum Gasteiger partial charge on any atom is -0.491 e. The molecular weight excluding hydrogens is 286 g/mol. The molecule has 0 fully saturated rings. The van der Waals surface area contributed by atoms with Crippen molar-refractivity contribution in [3.05, 3.63) is 65.7 Å². The smallest absolute Gasteiger partial charge is 0.119 e. The van der Waals surface area contributed by atoms with Gasteiger partial charge in [-0.2, -0.15) is 0 Å². The molecule has 3 rings (SSSR count). The average molecular weight is 311 g/mol. The van der Waals surface area contributed by atoms with E-state index in [0.717, 1.165) is 25.0 Å². The van der Waals surface area contributed by atoms with Crippen LogP contribution in [0.1, 0.15) is 24.0 Å². The van der Waals surface area contributed by atoms with E-state index in [1.54, 1.807) is 0 Å². The number of aryl methyl sites for hydroxylation is 1. The van der Waals surface area contributed by atoms with Crippen molar-refractivity contribution in [2.45, 2.75) is 37.8 Å². The zero-order valence-corrected chi connectivity index (χ0v) is 13.4. The van der Waals surface area contributed by atoms with Gasteiger partial charge in [-0.3, -0.25) is 0 Å². The number of aliphatic hydroxyl groups excluding tert-OH is 1. The summed E-state index contributed by atoms with van der Waals surface area (Å²) in [7, 11) is 0. The molecule has 0 aliphatic heterocycles. The van der Waals surface area contributed by atoms with Gasteiger partial charge in [-0.15, -0.1) is 0 Å². The Hall–Kier alpha value is -1.84. The van der Waals surface area contributed by atoms with Gasteiger partial charge < -0.3 is 15.2 Å². The molecular formula is C20H25NO2. The summed E-state index contributed by atoms with van der Waals surface area (Å²) in [6.07, 6.45) is 4.07. The van der Waals surface area contributed by atoms with Gasteiger partial charge in [0.05, 0.1) is 0 Å². The maximum absolute atomic E-state index is 10.1.